The molecule has 164 valence electrons. The molecule has 4 heterocycles. The van der Waals surface area contributed by atoms with E-state index in [0.29, 0.717) is 6.54 Å². The summed E-state index contributed by atoms with van der Waals surface area (Å²) >= 11 is 0. The van der Waals surface area contributed by atoms with Crippen LogP contribution in [0.2, 0.25) is 0 Å². The summed E-state index contributed by atoms with van der Waals surface area (Å²) in [6.07, 6.45) is 11.0. The fraction of sp³-hybridized carbons (Fsp3) is 0.435. The molecule has 0 bridgehead atoms. The Morgan fingerprint density at radius 1 is 1.16 bits per heavy atom. The van der Waals surface area contributed by atoms with Crippen molar-refractivity contribution >= 4 is 5.96 Å². The molecule has 1 saturated heterocycles. The zero-order valence-electron chi connectivity index (χ0n) is 18.1. The zero-order chi connectivity index (χ0) is 21.3. The molecule has 8 heteroatoms. The normalized spacial score (nSPS) is 16.2. The molecule has 0 aromatic carbocycles. The molecule has 1 aliphatic rings. The third kappa shape index (κ3) is 5.73. The number of furan rings is 1. The number of aliphatic imine (C=N–C) groups is 1. The zero-order valence-corrected chi connectivity index (χ0v) is 18.1. The van der Waals surface area contributed by atoms with Gasteiger partial charge in [-0.15, -0.1) is 0 Å². The maximum absolute atomic E-state index is 5.76. The van der Waals surface area contributed by atoms with Gasteiger partial charge in [-0.3, -0.25) is 4.90 Å². The maximum atomic E-state index is 5.76. The van der Waals surface area contributed by atoms with Crippen LogP contribution in [0.4, 0.5) is 0 Å². The lowest BCUT2D eigenvalue weighted by Gasteiger charge is -2.33. The first kappa shape index (κ1) is 21.1. The second-order valence-electron chi connectivity index (χ2n) is 7.68. The van der Waals surface area contributed by atoms with Crippen molar-refractivity contribution in [2.75, 3.05) is 26.2 Å². The summed E-state index contributed by atoms with van der Waals surface area (Å²) in [6.45, 7) is 6.39. The lowest BCUT2D eigenvalue weighted by atomic mass is 10.1. The average molecular weight is 422 g/mol. The minimum atomic E-state index is 0.200. The Bertz CT molecular complexity index is 931. The molecule has 2 N–H and O–H groups in total. The second-order valence-corrected chi connectivity index (χ2v) is 7.68. The first-order chi connectivity index (χ1) is 15.3. The summed E-state index contributed by atoms with van der Waals surface area (Å²) in [7, 11) is 0. The Labute approximate surface area is 183 Å². The third-order valence-electron chi connectivity index (χ3n) is 5.48. The Morgan fingerprint density at radius 3 is 2.81 bits per heavy atom. The fourth-order valence-corrected chi connectivity index (χ4v) is 3.91. The molecule has 31 heavy (non-hydrogen) atoms. The molecule has 1 fully saturated rings. The number of aromatic nitrogens is 3. The number of rotatable bonds is 8. The quantitative estimate of drug-likeness (QED) is 0.429. The van der Waals surface area contributed by atoms with E-state index in [1.165, 1.54) is 19.3 Å². The van der Waals surface area contributed by atoms with Gasteiger partial charge in [0, 0.05) is 31.7 Å². The van der Waals surface area contributed by atoms with Gasteiger partial charge < -0.3 is 15.1 Å². The molecule has 3 aromatic rings. The van der Waals surface area contributed by atoms with Crippen LogP contribution in [0.15, 0.2) is 64.6 Å². The molecule has 1 unspecified atom stereocenters. The van der Waals surface area contributed by atoms with Crippen molar-refractivity contribution < 1.29 is 4.42 Å². The van der Waals surface area contributed by atoms with E-state index in [0.717, 1.165) is 49.3 Å². The highest BCUT2D eigenvalue weighted by Crippen LogP contribution is 2.24. The average Bonchev–Trinajstić information content (AvgIpc) is 3.53. The monoisotopic (exact) mass is 421 g/mol. The number of likely N-dealkylation sites (tertiary alicyclic amines) is 1. The van der Waals surface area contributed by atoms with E-state index >= 15 is 0 Å². The Balaban J connectivity index is 1.43. The van der Waals surface area contributed by atoms with Crippen molar-refractivity contribution in [3.8, 4) is 5.82 Å². The number of hydrogen-bond donors (Lipinski definition) is 2. The van der Waals surface area contributed by atoms with E-state index in [2.05, 4.69) is 38.6 Å². The summed E-state index contributed by atoms with van der Waals surface area (Å²) in [4.78, 5) is 11.7. The first-order valence-electron chi connectivity index (χ1n) is 11.1. The fourth-order valence-electron chi connectivity index (χ4n) is 3.91. The number of nitrogens with one attached hydrogen (secondary N) is 2. The van der Waals surface area contributed by atoms with Gasteiger partial charge in [-0.25, -0.2) is 14.7 Å². The van der Waals surface area contributed by atoms with Crippen LogP contribution in [-0.2, 0) is 6.54 Å². The minimum Gasteiger partial charge on any atom is -0.468 e. The molecule has 0 saturated carbocycles. The van der Waals surface area contributed by atoms with Crippen LogP contribution in [0.25, 0.3) is 5.82 Å². The predicted molar refractivity (Wildman–Crippen MR) is 121 cm³/mol. The van der Waals surface area contributed by atoms with E-state index in [-0.39, 0.29) is 6.04 Å². The van der Waals surface area contributed by atoms with Crippen molar-refractivity contribution in [3.63, 3.8) is 0 Å². The summed E-state index contributed by atoms with van der Waals surface area (Å²) in [5.74, 6) is 2.59. The largest absolute Gasteiger partial charge is 0.468 e. The summed E-state index contributed by atoms with van der Waals surface area (Å²) in [6, 6.07) is 10.1. The molecule has 0 amide bonds. The molecular weight excluding hydrogens is 390 g/mol. The second kappa shape index (κ2) is 10.8. The van der Waals surface area contributed by atoms with Crippen LogP contribution in [-0.4, -0.2) is 51.8 Å². The van der Waals surface area contributed by atoms with Crippen LogP contribution in [0.3, 0.4) is 0 Å². The topological polar surface area (TPSA) is 83.5 Å². The Kier molecular flexibility index (Phi) is 7.33. The summed E-state index contributed by atoms with van der Waals surface area (Å²) in [5, 5.41) is 11.1. The van der Waals surface area contributed by atoms with E-state index < -0.39 is 0 Å². The molecule has 1 atom stereocenters. The van der Waals surface area contributed by atoms with E-state index in [4.69, 9.17) is 9.41 Å². The van der Waals surface area contributed by atoms with Crippen molar-refractivity contribution in [2.45, 2.75) is 38.8 Å². The molecule has 0 radical (unpaired) electrons. The van der Waals surface area contributed by atoms with E-state index in [1.807, 2.05) is 30.5 Å². The van der Waals surface area contributed by atoms with Gasteiger partial charge in [-0.05, 0) is 68.8 Å². The van der Waals surface area contributed by atoms with Gasteiger partial charge in [0.1, 0.15) is 5.76 Å². The number of piperidine rings is 1. The van der Waals surface area contributed by atoms with Crippen LogP contribution < -0.4 is 10.6 Å². The highest BCUT2D eigenvalue weighted by molar-refractivity contribution is 5.79. The Hall–Kier alpha value is -3.13. The Morgan fingerprint density at radius 2 is 2.06 bits per heavy atom. The van der Waals surface area contributed by atoms with Gasteiger partial charge in [0.2, 0.25) is 0 Å². The number of guanidine groups is 1. The van der Waals surface area contributed by atoms with Crippen LogP contribution in [0.1, 0.15) is 43.6 Å². The lowest BCUT2D eigenvalue weighted by Crippen LogP contribution is -2.44. The standard InChI is InChI=1S/C23H31N7O/c1-2-24-23(26-17-19-9-11-25-22(16-19)30-14-7-10-28-30)27-18-20(21-8-6-15-31-21)29-12-4-3-5-13-29/h6-11,14-16,20H,2-5,12-13,17-18H2,1H3,(H2,24,26,27). The molecular formula is C23H31N7O. The first-order valence-corrected chi connectivity index (χ1v) is 11.1. The van der Waals surface area contributed by atoms with Gasteiger partial charge in [-0.2, -0.15) is 5.10 Å². The summed E-state index contributed by atoms with van der Waals surface area (Å²) < 4.78 is 7.52. The number of pyridine rings is 1. The minimum absolute atomic E-state index is 0.200. The summed E-state index contributed by atoms with van der Waals surface area (Å²) in [5.41, 5.74) is 1.08. The smallest absolute Gasteiger partial charge is 0.191 e. The van der Waals surface area contributed by atoms with Gasteiger partial charge in [-0.1, -0.05) is 6.42 Å². The van der Waals surface area contributed by atoms with Gasteiger partial charge in [0.05, 0.1) is 18.8 Å². The van der Waals surface area contributed by atoms with Crippen molar-refractivity contribution in [1.82, 2.24) is 30.3 Å². The van der Waals surface area contributed by atoms with Crippen LogP contribution in [0, 0.1) is 0 Å². The van der Waals surface area contributed by atoms with E-state index in [1.54, 1.807) is 23.3 Å². The van der Waals surface area contributed by atoms with Crippen LogP contribution >= 0.6 is 0 Å². The van der Waals surface area contributed by atoms with E-state index in [9.17, 15) is 0 Å². The van der Waals surface area contributed by atoms with Crippen molar-refractivity contribution in [3.05, 3.63) is 66.5 Å². The molecule has 8 nitrogen and oxygen atoms in total. The number of hydrogen-bond acceptors (Lipinski definition) is 5. The van der Waals surface area contributed by atoms with Gasteiger partial charge in [0.15, 0.2) is 11.8 Å². The molecule has 1 aliphatic heterocycles. The molecule has 3 aromatic heterocycles. The highest BCUT2D eigenvalue weighted by atomic mass is 16.3. The van der Waals surface area contributed by atoms with Gasteiger partial charge >= 0.3 is 0 Å². The number of nitrogens with zero attached hydrogens (tertiary/aromatic N) is 5. The lowest BCUT2D eigenvalue weighted by molar-refractivity contribution is 0.146. The van der Waals surface area contributed by atoms with Gasteiger partial charge in [0.25, 0.3) is 0 Å². The molecule has 0 aliphatic carbocycles. The predicted octanol–water partition coefficient (Wildman–Crippen LogP) is 3.14. The SMILES string of the molecule is CCNC(=NCc1ccnc(-n2cccn2)c1)NCC(c1ccco1)N1CCCCC1. The van der Waals surface area contributed by atoms with Crippen LogP contribution in [0.5, 0.6) is 0 Å². The van der Waals surface area contributed by atoms with Crippen molar-refractivity contribution in [1.29, 1.82) is 0 Å². The third-order valence-corrected chi connectivity index (χ3v) is 5.48. The molecule has 0 spiro atoms. The maximum Gasteiger partial charge on any atom is 0.191 e. The highest BCUT2D eigenvalue weighted by Gasteiger charge is 2.24. The molecule has 4 rings (SSSR count). The van der Waals surface area contributed by atoms with Crippen molar-refractivity contribution in [2.24, 2.45) is 4.99 Å².